The molecule has 2 aromatic rings. The topological polar surface area (TPSA) is 68.2 Å². The fourth-order valence-electron chi connectivity index (χ4n) is 2.87. The van der Waals surface area contributed by atoms with Crippen molar-refractivity contribution in [2.24, 2.45) is 10.7 Å². The molecule has 3 rings (SSSR count). The SMILES string of the molecule is Cc1nn(-c2ccc(F)cc2)cc1CN=C(N)NC1CCCC1. The van der Waals surface area contributed by atoms with Gasteiger partial charge < -0.3 is 11.1 Å². The first kappa shape index (κ1) is 15.5. The maximum absolute atomic E-state index is 13.0. The zero-order valence-electron chi connectivity index (χ0n) is 13.3. The smallest absolute Gasteiger partial charge is 0.189 e. The number of guanidine groups is 1. The van der Waals surface area contributed by atoms with Gasteiger partial charge in [-0.3, -0.25) is 0 Å². The van der Waals surface area contributed by atoms with E-state index in [9.17, 15) is 4.39 Å². The van der Waals surface area contributed by atoms with Crippen molar-refractivity contribution >= 4 is 5.96 Å². The number of nitrogens with two attached hydrogens (primary N) is 1. The van der Waals surface area contributed by atoms with Crippen LogP contribution >= 0.6 is 0 Å². The Morgan fingerprint density at radius 1 is 1.35 bits per heavy atom. The molecule has 0 radical (unpaired) electrons. The van der Waals surface area contributed by atoms with Crippen LogP contribution < -0.4 is 11.1 Å². The van der Waals surface area contributed by atoms with Crippen LogP contribution in [0.15, 0.2) is 35.5 Å². The van der Waals surface area contributed by atoms with E-state index in [1.54, 1.807) is 16.8 Å². The van der Waals surface area contributed by atoms with E-state index in [-0.39, 0.29) is 5.82 Å². The molecule has 1 aliphatic rings. The monoisotopic (exact) mass is 315 g/mol. The van der Waals surface area contributed by atoms with Gasteiger partial charge in [0.15, 0.2) is 5.96 Å². The highest BCUT2D eigenvalue weighted by molar-refractivity contribution is 5.78. The second-order valence-corrected chi connectivity index (χ2v) is 5.99. The molecular formula is C17H22FN5. The lowest BCUT2D eigenvalue weighted by Gasteiger charge is -2.11. The molecule has 122 valence electrons. The molecule has 0 amide bonds. The van der Waals surface area contributed by atoms with Crippen molar-refractivity contribution in [3.63, 3.8) is 0 Å². The van der Waals surface area contributed by atoms with Gasteiger partial charge in [-0.15, -0.1) is 0 Å². The molecule has 1 aliphatic carbocycles. The molecule has 1 saturated carbocycles. The number of nitrogens with zero attached hydrogens (tertiary/aromatic N) is 3. The zero-order chi connectivity index (χ0) is 16.2. The molecule has 1 heterocycles. The highest BCUT2D eigenvalue weighted by Gasteiger charge is 2.15. The second-order valence-electron chi connectivity index (χ2n) is 5.99. The van der Waals surface area contributed by atoms with E-state index < -0.39 is 0 Å². The highest BCUT2D eigenvalue weighted by Crippen LogP contribution is 2.17. The van der Waals surface area contributed by atoms with E-state index in [1.807, 2.05) is 13.1 Å². The molecule has 23 heavy (non-hydrogen) atoms. The molecule has 1 fully saturated rings. The van der Waals surface area contributed by atoms with Crippen molar-refractivity contribution in [3.05, 3.63) is 47.5 Å². The fourth-order valence-corrected chi connectivity index (χ4v) is 2.87. The summed E-state index contributed by atoms with van der Waals surface area (Å²) >= 11 is 0. The summed E-state index contributed by atoms with van der Waals surface area (Å²) in [5.74, 6) is 0.235. The van der Waals surface area contributed by atoms with Gasteiger partial charge in [-0.05, 0) is 44.0 Å². The van der Waals surface area contributed by atoms with Crippen LogP contribution in [0.1, 0.15) is 36.9 Å². The zero-order valence-corrected chi connectivity index (χ0v) is 13.3. The maximum atomic E-state index is 13.0. The number of nitrogens with one attached hydrogen (secondary N) is 1. The van der Waals surface area contributed by atoms with Crippen LogP contribution in [0.2, 0.25) is 0 Å². The predicted molar refractivity (Wildman–Crippen MR) is 89.0 cm³/mol. The van der Waals surface area contributed by atoms with Gasteiger partial charge >= 0.3 is 0 Å². The number of rotatable bonds is 4. The summed E-state index contributed by atoms with van der Waals surface area (Å²) in [6.07, 6.45) is 6.76. The number of aliphatic imine (C=N–C) groups is 1. The average molecular weight is 315 g/mol. The Morgan fingerprint density at radius 2 is 2.04 bits per heavy atom. The first-order chi connectivity index (χ1) is 11.1. The predicted octanol–water partition coefficient (Wildman–Crippen LogP) is 2.67. The van der Waals surface area contributed by atoms with Gasteiger partial charge in [0.25, 0.3) is 0 Å². The first-order valence-corrected chi connectivity index (χ1v) is 7.99. The van der Waals surface area contributed by atoms with Crippen molar-refractivity contribution in [3.8, 4) is 5.69 Å². The number of benzene rings is 1. The number of hydrogen-bond acceptors (Lipinski definition) is 2. The summed E-state index contributed by atoms with van der Waals surface area (Å²) in [5.41, 5.74) is 8.68. The Balaban J connectivity index is 1.67. The van der Waals surface area contributed by atoms with Gasteiger partial charge in [0.1, 0.15) is 5.82 Å². The molecular weight excluding hydrogens is 293 g/mol. The van der Waals surface area contributed by atoms with Gasteiger partial charge in [0.05, 0.1) is 17.9 Å². The van der Waals surface area contributed by atoms with Crippen molar-refractivity contribution in [1.82, 2.24) is 15.1 Å². The van der Waals surface area contributed by atoms with Crippen molar-refractivity contribution in [2.75, 3.05) is 0 Å². The van der Waals surface area contributed by atoms with Gasteiger partial charge in [0, 0.05) is 17.8 Å². The Kier molecular flexibility index (Phi) is 4.60. The standard InChI is InChI=1S/C17H22FN5/c1-12-13(10-20-17(19)21-15-4-2-3-5-15)11-23(22-12)16-8-6-14(18)7-9-16/h6-9,11,15H,2-5,10H2,1H3,(H3,19,20,21). The lowest BCUT2D eigenvalue weighted by molar-refractivity contribution is 0.625. The number of hydrogen-bond donors (Lipinski definition) is 2. The van der Waals surface area contributed by atoms with Crippen LogP contribution in [-0.4, -0.2) is 21.8 Å². The van der Waals surface area contributed by atoms with Crippen molar-refractivity contribution < 1.29 is 4.39 Å². The molecule has 1 aromatic carbocycles. The van der Waals surface area contributed by atoms with E-state index in [2.05, 4.69) is 15.4 Å². The Labute approximate surface area is 135 Å². The van der Waals surface area contributed by atoms with Crippen LogP contribution in [-0.2, 0) is 6.54 Å². The van der Waals surface area contributed by atoms with E-state index in [0.717, 1.165) is 29.8 Å². The van der Waals surface area contributed by atoms with E-state index in [1.165, 1.54) is 25.0 Å². The summed E-state index contributed by atoms with van der Waals surface area (Å²) in [6.45, 7) is 2.42. The minimum Gasteiger partial charge on any atom is -0.370 e. The molecule has 0 saturated heterocycles. The lowest BCUT2D eigenvalue weighted by Crippen LogP contribution is -2.38. The third-order valence-electron chi connectivity index (χ3n) is 4.22. The molecule has 3 N–H and O–H groups in total. The Hall–Kier alpha value is -2.37. The van der Waals surface area contributed by atoms with Crippen molar-refractivity contribution in [1.29, 1.82) is 0 Å². The molecule has 0 bridgehead atoms. The van der Waals surface area contributed by atoms with Gasteiger partial charge in [0.2, 0.25) is 0 Å². The molecule has 0 spiro atoms. The molecule has 6 heteroatoms. The van der Waals surface area contributed by atoms with Crippen LogP contribution in [0.5, 0.6) is 0 Å². The van der Waals surface area contributed by atoms with E-state index in [4.69, 9.17) is 5.73 Å². The third kappa shape index (κ3) is 3.88. The Bertz CT molecular complexity index is 684. The third-order valence-corrected chi connectivity index (χ3v) is 4.22. The van der Waals surface area contributed by atoms with Gasteiger partial charge in [-0.1, -0.05) is 12.8 Å². The summed E-state index contributed by atoms with van der Waals surface area (Å²) in [4.78, 5) is 4.41. The summed E-state index contributed by atoms with van der Waals surface area (Å²) in [5, 5.41) is 7.73. The number of aryl methyl sites for hydroxylation is 1. The first-order valence-electron chi connectivity index (χ1n) is 7.99. The van der Waals surface area contributed by atoms with Crippen LogP contribution in [0.3, 0.4) is 0 Å². The molecule has 5 nitrogen and oxygen atoms in total. The maximum Gasteiger partial charge on any atom is 0.189 e. The molecule has 0 aliphatic heterocycles. The normalized spacial score (nSPS) is 16.0. The van der Waals surface area contributed by atoms with Crippen LogP contribution in [0.4, 0.5) is 4.39 Å². The minimum absolute atomic E-state index is 0.256. The quantitative estimate of drug-likeness (QED) is 0.673. The van der Waals surface area contributed by atoms with Crippen LogP contribution in [0, 0.1) is 12.7 Å². The lowest BCUT2D eigenvalue weighted by atomic mass is 10.2. The summed E-state index contributed by atoms with van der Waals surface area (Å²) < 4.78 is 14.7. The second kappa shape index (κ2) is 6.81. The highest BCUT2D eigenvalue weighted by atomic mass is 19.1. The van der Waals surface area contributed by atoms with E-state index >= 15 is 0 Å². The Morgan fingerprint density at radius 3 is 2.74 bits per heavy atom. The largest absolute Gasteiger partial charge is 0.370 e. The molecule has 0 atom stereocenters. The average Bonchev–Trinajstić information content (AvgIpc) is 3.16. The summed E-state index contributed by atoms with van der Waals surface area (Å²) in [6, 6.07) is 6.71. The number of aromatic nitrogens is 2. The molecule has 1 aromatic heterocycles. The van der Waals surface area contributed by atoms with Gasteiger partial charge in [-0.25, -0.2) is 14.1 Å². The van der Waals surface area contributed by atoms with Crippen LogP contribution in [0.25, 0.3) is 5.69 Å². The fraction of sp³-hybridized carbons (Fsp3) is 0.412. The van der Waals surface area contributed by atoms with E-state index in [0.29, 0.717) is 18.5 Å². The number of halogens is 1. The molecule has 0 unspecified atom stereocenters. The van der Waals surface area contributed by atoms with Gasteiger partial charge in [-0.2, -0.15) is 5.10 Å². The summed E-state index contributed by atoms with van der Waals surface area (Å²) in [7, 11) is 0. The minimum atomic E-state index is -0.256. The van der Waals surface area contributed by atoms with Crippen molar-refractivity contribution in [2.45, 2.75) is 45.2 Å².